The van der Waals surface area contributed by atoms with Crippen LogP contribution in [0, 0.1) is 0 Å². The third-order valence-electron chi connectivity index (χ3n) is 4.44. The smallest absolute Gasteiger partial charge is 0.230 e. The lowest BCUT2D eigenvalue weighted by molar-refractivity contribution is -0.123. The van der Waals surface area contributed by atoms with Gasteiger partial charge in [0.1, 0.15) is 0 Å². The van der Waals surface area contributed by atoms with E-state index in [0.29, 0.717) is 0 Å². The highest BCUT2D eigenvalue weighted by molar-refractivity contribution is 5.91. The van der Waals surface area contributed by atoms with Gasteiger partial charge in [0.2, 0.25) is 5.91 Å². The fraction of sp³-hybridized carbons (Fsp3) is 0.611. The highest BCUT2D eigenvalue weighted by atomic mass is 16.3. The molecule has 1 aliphatic rings. The standard InChI is InChI=1S/C18H27NO2/c1-2-3-4-5-6-13-19-17(21)18(11-12-18)16-9-7-15(14-20)8-10-16/h7-10,20H,2-6,11-14H2,1H3,(H,19,21). The first-order chi connectivity index (χ1) is 10.2. The Hall–Kier alpha value is -1.35. The number of carbonyl (C=O) groups excluding carboxylic acids is 1. The van der Waals surface area contributed by atoms with Gasteiger partial charge in [-0.15, -0.1) is 0 Å². The van der Waals surface area contributed by atoms with E-state index in [4.69, 9.17) is 5.11 Å². The molecule has 0 aromatic heterocycles. The van der Waals surface area contributed by atoms with Crippen LogP contribution in [-0.2, 0) is 16.8 Å². The molecule has 116 valence electrons. The van der Waals surface area contributed by atoms with E-state index in [1.54, 1.807) is 0 Å². The van der Waals surface area contributed by atoms with Gasteiger partial charge in [-0.2, -0.15) is 0 Å². The molecule has 2 rings (SSSR count). The quantitative estimate of drug-likeness (QED) is 0.685. The van der Waals surface area contributed by atoms with Crippen LogP contribution in [0.25, 0.3) is 0 Å². The average Bonchev–Trinajstić information content (AvgIpc) is 3.32. The summed E-state index contributed by atoms with van der Waals surface area (Å²) in [7, 11) is 0. The van der Waals surface area contributed by atoms with Crippen molar-refractivity contribution in [3.05, 3.63) is 35.4 Å². The largest absolute Gasteiger partial charge is 0.392 e. The van der Waals surface area contributed by atoms with Crippen LogP contribution < -0.4 is 5.32 Å². The Kier molecular flexibility index (Phi) is 5.80. The van der Waals surface area contributed by atoms with E-state index in [1.165, 1.54) is 25.7 Å². The minimum atomic E-state index is -0.294. The zero-order chi connectivity index (χ0) is 15.1. The maximum Gasteiger partial charge on any atom is 0.230 e. The Labute approximate surface area is 127 Å². The molecule has 0 aliphatic heterocycles. The molecule has 1 fully saturated rings. The molecule has 0 spiro atoms. The molecule has 1 aliphatic carbocycles. The van der Waals surface area contributed by atoms with Crippen LogP contribution in [0.1, 0.15) is 63.0 Å². The van der Waals surface area contributed by atoms with Gasteiger partial charge in [-0.3, -0.25) is 4.79 Å². The zero-order valence-electron chi connectivity index (χ0n) is 13.0. The fourth-order valence-electron chi connectivity index (χ4n) is 2.80. The molecule has 2 N–H and O–H groups in total. The summed E-state index contributed by atoms with van der Waals surface area (Å²) in [6, 6.07) is 7.79. The Bertz CT molecular complexity index is 449. The van der Waals surface area contributed by atoms with E-state index in [1.807, 2.05) is 24.3 Å². The zero-order valence-corrected chi connectivity index (χ0v) is 13.0. The van der Waals surface area contributed by atoms with Crippen LogP contribution in [0.2, 0.25) is 0 Å². The first kappa shape index (κ1) is 16.0. The van der Waals surface area contributed by atoms with Crippen LogP contribution in [-0.4, -0.2) is 17.6 Å². The highest BCUT2D eigenvalue weighted by Crippen LogP contribution is 2.48. The van der Waals surface area contributed by atoms with Crippen molar-refractivity contribution in [2.75, 3.05) is 6.54 Å². The second kappa shape index (κ2) is 7.60. The van der Waals surface area contributed by atoms with Gasteiger partial charge in [0.25, 0.3) is 0 Å². The number of benzene rings is 1. The van der Waals surface area contributed by atoms with E-state index >= 15 is 0 Å². The number of hydrogen-bond acceptors (Lipinski definition) is 2. The maximum atomic E-state index is 12.4. The molecule has 1 aromatic carbocycles. The Morgan fingerprint density at radius 3 is 2.38 bits per heavy atom. The summed E-state index contributed by atoms with van der Waals surface area (Å²) in [5, 5.41) is 12.2. The Balaban J connectivity index is 1.80. The van der Waals surface area contributed by atoms with Crippen molar-refractivity contribution >= 4 is 5.91 Å². The normalized spacial score (nSPS) is 15.7. The minimum Gasteiger partial charge on any atom is -0.392 e. The van der Waals surface area contributed by atoms with Crippen molar-refractivity contribution in [2.45, 2.75) is 63.9 Å². The Morgan fingerprint density at radius 2 is 1.81 bits per heavy atom. The summed E-state index contributed by atoms with van der Waals surface area (Å²) in [5.74, 6) is 0.176. The molecular weight excluding hydrogens is 262 g/mol. The van der Waals surface area contributed by atoms with Gasteiger partial charge in [0.15, 0.2) is 0 Å². The molecular formula is C18H27NO2. The lowest BCUT2D eigenvalue weighted by atomic mass is 9.94. The predicted molar refractivity (Wildman–Crippen MR) is 85.0 cm³/mol. The molecule has 0 atom stereocenters. The SMILES string of the molecule is CCCCCCCNC(=O)C1(c2ccc(CO)cc2)CC1. The molecule has 3 nitrogen and oxygen atoms in total. The van der Waals surface area contributed by atoms with Crippen molar-refractivity contribution in [1.29, 1.82) is 0 Å². The second-order valence-corrected chi connectivity index (χ2v) is 6.11. The van der Waals surface area contributed by atoms with Crippen LogP contribution >= 0.6 is 0 Å². The number of aliphatic hydroxyl groups is 1. The summed E-state index contributed by atoms with van der Waals surface area (Å²) in [5.41, 5.74) is 1.69. The first-order valence-electron chi connectivity index (χ1n) is 8.21. The fourth-order valence-corrected chi connectivity index (χ4v) is 2.80. The lowest BCUT2D eigenvalue weighted by Crippen LogP contribution is -2.35. The molecule has 0 bridgehead atoms. The van der Waals surface area contributed by atoms with Crippen LogP contribution in [0.15, 0.2) is 24.3 Å². The van der Waals surface area contributed by atoms with Crippen LogP contribution in [0.4, 0.5) is 0 Å². The van der Waals surface area contributed by atoms with Gasteiger partial charge in [0, 0.05) is 6.54 Å². The Morgan fingerprint density at radius 1 is 1.14 bits per heavy atom. The maximum absolute atomic E-state index is 12.4. The topological polar surface area (TPSA) is 49.3 Å². The molecule has 0 saturated heterocycles. The molecule has 1 saturated carbocycles. The molecule has 0 radical (unpaired) electrons. The van der Waals surface area contributed by atoms with Crippen molar-refractivity contribution in [1.82, 2.24) is 5.32 Å². The van der Waals surface area contributed by atoms with Crippen LogP contribution in [0.3, 0.4) is 0 Å². The monoisotopic (exact) mass is 289 g/mol. The van der Waals surface area contributed by atoms with Crippen molar-refractivity contribution in [3.63, 3.8) is 0 Å². The van der Waals surface area contributed by atoms with Gasteiger partial charge in [-0.25, -0.2) is 0 Å². The van der Waals surface area contributed by atoms with Gasteiger partial charge in [0.05, 0.1) is 12.0 Å². The number of aliphatic hydroxyl groups excluding tert-OH is 1. The number of carbonyl (C=O) groups is 1. The number of rotatable bonds is 9. The van der Waals surface area contributed by atoms with Gasteiger partial charge in [-0.1, -0.05) is 56.9 Å². The molecule has 0 heterocycles. The van der Waals surface area contributed by atoms with Gasteiger partial charge >= 0.3 is 0 Å². The van der Waals surface area contributed by atoms with Crippen LogP contribution in [0.5, 0.6) is 0 Å². The first-order valence-corrected chi connectivity index (χ1v) is 8.21. The molecule has 21 heavy (non-hydrogen) atoms. The number of unbranched alkanes of at least 4 members (excludes halogenated alkanes) is 4. The average molecular weight is 289 g/mol. The van der Waals surface area contributed by atoms with Crippen molar-refractivity contribution in [3.8, 4) is 0 Å². The second-order valence-electron chi connectivity index (χ2n) is 6.11. The molecule has 1 aromatic rings. The summed E-state index contributed by atoms with van der Waals surface area (Å²) in [4.78, 5) is 12.4. The van der Waals surface area contributed by atoms with E-state index in [2.05, 4.69) is 12.2 Å². The van der Waals surface area contributed by atoms with E-state index in [0.717, 1.165) is 36.9 Å². The molecule has 0 unspecified atom stereocenters. The predicted octanol–water partition coefficient (Wildman–Crippen LogP) is 3.30. The van der Waals surface area contributed by atoms with E-state index in [9.17, 15) is 4.79 Å². The van der Waals surface area contributed by atoms with Gasteiger partial charge < -0.3 is 10.4 Å². The summed E-state index contributed by atoms with van der Waals surface area (Å²) in [6.45, 7) is 3.05. The molecule has 3 heteroatoms. The number of amides is 1. The van der Waals surface area contributed by atoms with Crippen molar-refractivity contribution < 1.29 is 9.90 Å². The highest BCUT2D eigenvalue weighted by Gasteiger charge is 2.50. The molecule has 1 amide bonds. The van der Waals surface area contributed by atoms with E-state index < -0.39 is 0 Å². The summed E-state index contributed by atoms with van der Waals surface area (Å²) >= 11 is 0. The summed E-state index contributed by atoms with van der Waals surface area (Å²) in [6.07, 6.45) is 7.95. The lowest BCUT2D eigenvalue weighted by Gasteiger charge is -2.16. The summed E-state index contributed by atoms with van der Waals surface area (Å²) < 4.78 is 0. The minimum absolute atomic E-state index is 0.0528. The van der Waals surface area contributed by atoms with Gasteiger partial charge in [-0.05, 0) is 30.4 Å². The third-order valence-corrected chi connectivity index (χ3v) is 4.44. The third kappa shape index (κ3) is 4.07. The van der Waals surface area contributed by atoms with Crippen molar-refractivity contribution in [2.24, 2.45) is 0 Å². The number of hydrogen-bond donors (Lipinski definition) is 2. The van der Waals surface area contributed by atoms with E-state index in [-0.39, 0.29) is 17.9 Å². The number of nitrogens with one attached hydrogen (secondary N) is 1.